The molecule has 3 N–H and O–H groups in total. The summed E-state index contributed by atoms with van der Waals surface area (Å²) < 4.78 is 51.6. The molecule has 0 bridgehead atoms. The van der Waals surface area contributed by atoms with Crippen LogP contribution in [0, 0.1) is 17.6 Å². The Labute approximate surface area is 113 Å². The highest BCUT2D eigenvalue weighted by Gasteiger charge is 2.44. The van der Waals surface area contributed by atoms with Gasteiger partial charge in [-0.1, -0.05) is 6.07 Å². The molecule has 2 atom stereocenters. The Kier molecular flexibility index (Phi) is 3.99. The third-order valence-corrected chi connectivity index (χ3v) is 3.32. The molecule has 0 heterocycles. The predicted molar refractivity (Wildman–Crippen MR) is 64.2 cm³/mol. The molecule has 0 radical (unpaired) electrons. The quantitative estimate of drug-likeness (QED) is 0.812. The molecule has 110 valence electrons. The molecule has 3 nitrogen and oxygen atoms in total. The molecule has 1 aromatic carbocycles. The van der Waals surface area contributed by atoms with Gasteiger partial charge in [0.25, 0.3) is 5.92 Å². The number of carbonyl (C=O) groups is 1. The first-order valence-corrected chi connectivity index (χ1v) is 6.14. The highest BCUT2D eigenvalue weighted by Crippen LogP contribution is 2.47. The lowest BCUT2D eigenvalue weighted by Gasteiger charge is -2.14. The van der Waals surface area contributed by atoms with E-state index in [1.165, 1.54) is 6.07 Å². The van der Waals surface area contributed by atoms with Gasteiger partial charge >= 0.3 is 0 Å². The molecule has 0 aliphatic heterocycles. The smallest absolute Gasteiger partial charge is 0.277 e. The molecule has 2 rings (SSSR count). The van der Waals surface area contributed by atoms with Crippen molar-refractivity contribution in [1.82, 2.24) is 5.32 Å². The van der Waals surface area contributed by atoms with Crippen molar-refractivity contribution in [2.75, 3.05) is 13.1 Å². The van der Waals surface area contributed by atoms with Crippen LogP contribution in [0.25, 0.3) is 0 Å². The van der Waals surface area contributed by atoms with Crippen LogP contribution in [-0.2, 0) is 4.79 Å². The molecule has 7 heteroatoms. The highest BCUT2D eigenvalue weighted by atomic mass is 19.3. The molecule has 1 aliphatic rings. The molecule has 1 saturated carbocycles. The van der Waals surface area contributed by atoms with E-state index >= 15 is 0 Å². The van der Waals surface area contributed by atoms with E-state index in [1.54, 1.807) is 0 Å². The topological polar surface area (TPSA) is 55.1 Å². The molecular formula is C13H14F4N2O. The number of nitrogens with two attached hydrogens (primary N) is 1. The van der Waals surface area contributed by atoms with Gasteiger partial charge < -0.3 is 11.1 Å². The van der Waals surface area contributed by atoms with Crippen molar-refractivity contribution < 1.29 is 22.4 Å². The van der Waals surface area contributed by atoms with Gasteiger partial charge in [-0.3, -0.25) is 4.79 Å². The summed E-state index contributed by atoms with van der Waals surface area (Å²) in [6, 6.07) is 3.41. The molecule has 1 amide bonds. The first kappa shape index (κ1) is 14.8. The fourth-order valence-electron chi connectivity index (χ4n) is 2.02. The van der Waals surface area contributed by atoms with Gasteiger partial charge in [-0.15, -0.1) is 0 Å². The summed E-state index contributed by atoms with van der Waals surface area (Å²) in [6.45, 7) is -1.66. The minimum Gasteiger partial charge on any atom is -0.350 e. The monoisotopic (exact) mass is 290 g/mol. The second-order valence-corrected chi connectivity index (χ2v) is 4.90. The zero-order valence-corrected chi connectivity index (χ0v) is 10.5. The maximum Gasteiger partial charge on any atom is 0.277 e. The lowest BCUT2D eigenvalue weighted by molar-refractivity contribution is -0.124. The SMILES string of the molecule is NCC(F)(F)CNC(=O)C1CC1c1ccc(F)c(F)c1. The second-order valence-electron chi connectivity index (χ2n) is 4.90. The minimum absolute atomic E-state index is 0.253. The van der Waals surface area contributed by atoms with Crippen molar-refractivity contribution in [1.29, 1.82) is 0 Å². The summed E-state index contributed by atoms with van der Waals surface area (Å²) >= 11 is 0. The predicted octanol–water partition coefficient (Wildman–Crippen LogP) is 1.78. The Morgan fingerprint density at radius 2 is 2.05 bits per heavy atom. The molecular weight excluding hydrogens is 276 g/mol. The van der Waals surface area contributed by atoms with Crippen molar-refractivity contribution in [3.8, 4) is 0 Å². The number of carbonyl (C=O) groups excluding carboxylic acids is 1. The van der Waals surface area contributed by atoms with Crippen LogP contribution in [0.4, 0.5) is 17.6 Å². The number of nitrogens with one attached hydrogen (secondary N) is 1. The summed E-state index contributed by atoms with van der Waals surface area (Å²) in [5, 5.41) is 2.12. The standard InChI is InChI=1S/C13H14F4N2O/c14-10-2-1-7(3-11(10)15)8-4-9(8)12(20)19-6-13(16,17)5-18/h1-3,8-9H,4-6,18H2,(H,19,20). The molecule has 0 saturated heterocycles. The van der Waals surface area contributed by atoms with Crippen LogP contribution in [0.15, 0.2) is 18.2 Å². The third-order valence-electron chi connectivity index (χ3n) is 3.32. The van der Waals surface area contributed by atoms with Gasteiger partial charge in [-0.25, -0.2) is 17.6 Å². The Hall–Kier alpha value is -1.63. The van der Waals surface area contributed by atoms with E-state index in [4.69, 9.17) is 5.73 Å². The zero-order valence-electron chi connectivity index (χ0n) is 10.5. The molecule has 0 spiro atoms. The van der Waals surface area contributed by atoms with E-state index in [0.29, 0.717) is 12.0 Å². The summed E-state index contributed by atoms with van der Waals surface area (Å²) in [5.74, 6) is -6.33. The Balaban J connectivity index is 1.91. The van der Waals surface area contributed by atoms with Crippen LogP contribution in [0.3, 0.4) is 0 Å². The number of amides is 1. The van der Waals surface area contributed by atoms with Crippen LogP contribution in [0.1, 0.15) is 17.9 Å². The van der Waals surface area contributed by atoms with Gasteiger partial charge in [0.1, 0.15) is 0 Å². The van der Waals surface area contributed by atoms with Crippen molar-refractivity contribution in [3.05, 3.63) is 35.4 Å². The van der Waals surface area contributed by atoms with E-state index in [-0.39, 0.29) is 5.92 Å². The zero-order chi connectivity index (χ0) is 14.9. The van der Waals surface area contributed by atoms with E-state index in [9.17, 15) is 22.4 Å². The van der Waals surface area contributed by atoms with E-state index in [0.717, 1.165) is 12.1 Å². The van der Waals surface area contributed by atoms with Crippen LogP contribution in [0.2, 0.25) is 0 Å². The van der Waals surface area contributed by atoms with Gasteiger partial charge in [-0.05, 0) is 30.0 Å². The lowest BCUT2D eigenvalue weighted by Crippen LogP contribution is -2.42. The lowest BCUT2D eigenvalue weighted by atomic mass is 10.1. The molecule has 1 fully saturated rings. The van der Waals surface area contributed by atoms with Gasteiger partial charge in [0.2, 0.25) is 5.91 Å². The largest absolute Gasteiger partial charge is 0.350 e. The van der Waals surface area contributed by atoms with E-state index < -0.39 is 42.5 Å². The molecule has 1 aliphatic carbocycles. The highest BCUT2D eigenvalue weighted by molar-refractivity contribution is 5.82. The van der Waals surface area contributed by atoms with Crippen LogP contribution >= 0.6 is 0 Å². The number of alkyl halides is 2. The number of halogens is 4. The molecule has 0 aromatic heterocycles. The summed E-state index contributed by atoms with van der Waals surface area (Å²) in [5.41, 5.74) is 5.35. The second kappa shape index (κ2) is 5.40. The average Bonchev–Trinajstić information content (AvgIpc) is 3.20. The van der Waals surface area contributed by atoms with E-state index in [2.05, 4.69) is 5.32 Å². The first-order chi connectivity index (χ1) is 9.34. The summed E-state index contributed by atoms with van der Waals surface area (Å²) in [7, 11) is 0. The molecule has 20 heavy (non-hydrogen) atoms. The Morgan fingerprint density at radius 1 is 1.35 bits per heavy atom. The Morgan fingerprint density at radius 3 is 2.65 bits per heavy atom. The van der Waals surface area contributed by atoms with Crippen molar-refractivity contribution in [2.24, 2.45) is 11.7 Å². The maximum absolute atomic E-state index is 13.1. The Bertz CT molecular complexity index is 521. The van der Waals surface area contributed by atoms with Crippen molar-refractivity contribution >= 4 is 5.91 Å². The summed E-state index contributed by atoms with van der Waals surface area (Å²) in [6.07, 6.45) is 0.436. The third kappa shape index (κ3) is 3.27. The van der Waals surface area contributed by atoms with Crippen LogP contribution in [-0.4, -0.2) is 24.9 Å². The fourth-order valence-corrected chi connectivity index (χ4v) is 2.02. The minimum atomic E-state index is -3.14. The van der Waals surface area contributed by atoms with Gasteiger partial charge in [0.05, 0.1) is 13.1 Å². The molecule has 2 unspecified atom stereocenters. The van der Waals surface area contributed by atoms with Crippen molar-refractivity contribution in [3.63, 3.8) is 0 Å². The van der Waals surface area contributed by atoms with Gasteiger partial charge in [-0.2, -0.15) is 0 Å². The first-order valence-electron chi connectivity index (χ1n) is 6.14. The maximum atomic E-state index is 13.1. The van der Waals surface area contributed by atoms with Crippen molar-refractivity contribution in [2.45, 2.75) is 18.3 Å². The van der Waals surface area contributed by atoms with Gasteiger partial charge in [0.15, 0.2) is 11.6 Å². The van der Waals surface area contributed by atoms with Crippen LogP contribution in [0.5, 0.6) is 0 Å². The number of hydrogen-bond donors (Lipinski definition) is 2. The fraction of sp³-hybridized carbons (Fsp3) is 0.462. The number of hydrogen-bond acceptors (Lipinski definition) is 2. The van der Waals surface area contributed by atoms with Crippen LogP contribution < -0.4 is 11.1 Å². The molecule has 1 aromatic rings. The normalized spacial score (nSPS) is 21.6. The number of rotatable bonds is 5. The average molecular weight is 290 g/mol. The van der Waals surface area contributed by atoms with E-state index in [1.807, 2.05) is 0 Å². The summed E-state index contributed by atoms with van der Waals surface area (Å²) in [4.78, 5) is 11.7. The van der Waals surface area contributed by atoms with Gasteiger partial charge in [0, 0.05) is 5.92 Å². The number of benzene rings is 1.